The zero-order valence-electron chi connectivity index (χ0n) is 10.8. The summed E-state index contributed by atoms with van der Waals surface area (Å²) in [4.78, 5) is -0.0442. The van der Waals surface area contributed by atoms with Gasteiger partial charge < -0.3 is 11.1 Å². The number of anilines is 1. The first-order chi connectivity index (χ1) is 8.75. The molecule has 0 aliphatic carbocycles. The molecule has 0 aliphatic heterocycles. The summed E-state index contributed by atoms with van der Waals surface area (Å²) in [6, 6.07) is 3.55. The van der Waals surface area contributed by atoms with Crippen molar-refractivity contribution in [2.45, 2.75) is 38.9 Å². The first-order valence-corrected chi connectivity index (χ1v) is 6.44. The van der Waals surface area contributed by atoms with E-state index in [0.29, 0.717) is 5.69 Å². The highest BCUT2D eigenvalue weighted by Gasteiger charge is 2.31. The molecule has 0 saturated carbocycles. The van der Waals surface area contributed by atoms with E-state index in [1.807, 2.05) is 13.8 Å². The quantitative estimate of drug-likeness (QED) is 0.807. The molecule has 1 unspecified atom stereocenters. The van der Waals surface area contributed by atoms with Gasteiger partial charge in [0.1, 0.15) is 4.99 Å². The average Bonchev–Trinajstić information content (AvgIpc) is 2.27. The van der Waals surface area contributed by atoms with Crippen LogP contribution in [0, 0.1) is 0 Å². The summed E-state index contributed by atoms with van der Waals surface area (Å²) < 4.78 is 37.9. The van der Waals surface area contributed by atoms with Gasteiger partial charge in [-0.05, 0) is 31.5 Å². The van der Waals surface area contributed by atoms with Gasteiger partial charge in [-0.3, -0.25) is 0 Å². The minimum absolute atomic E-state index is 0.0442. The highest BCUT2D eigenvalue weighted by Crippen LogP contribution is 2.32. The molecule has 6 heteroatoms. The largest absolute Gasteiger partial charge is 0.416 e. The molecule has 1 aromatic carbocycles. The van der Waals surface area contributed by atoms with Crippen molar-refractivity contribution < 1.29 is 13.2 Å². The van der Waals surface area contributed by atoms with Gasteiger partial charge in [0.15, 0.2) is 0 Å². The smallest absolute Gasteiger partial charge is 0.389 e. The van der Waals surface area contributed by atoms with Crippen molar-refractivity contribution in [2.75, 3.05) is 5.32 Å². The van der Waals surface area contributed by atoms with E-state index in [-0.39, 0.29) is 16.6 Å². The molecule has 0 radical (unpaired) electrons. The second-order valence-electron chi connectivity index (χ2n) is 4.46. The van der Waals surface area contributed by atoms with E-state index in [9.17, 15) is 13.2 Å². The number of thiocarbonyl (C=S) groups is 1. The third-order valence-corrected chi connectivity index (χ3v) is 2.96. The Balaban J connectivity index is 3.09. The van der Waals surface area contributed by atoms with Gasteiger partial charge in [-0.1, -0.05) is 25.6 Å². The van der Waals surface area contributed by atoms with Gasteiger partial charge in [0.05, 0.1) is 5.56 Å². The highest BCUT2D eigenvalue weighted by atomic mass is 32.1. The fourth-order valence-corrected chi connectivity index (χ4v) is 1.99. The SMILES string of the molecule is CCCC(C)Nc1ccc(C(F)(F)F)cc1C(N)=S. The van der Waals surface area contributed by atoms with Crippen LogP contribution in [0.15, 0.2) is 18.2 Å². The van der Waals surface area contributed by atoms with E-state index in [1.165, 1.54) is 6.07 Å². The lowest BCUT2D eigenvalue weighted by Crippen LogP contribution is -2.20. The Morgan fingerprint density at radius 2 is 2.05 bits per heavy atom. The second kappa shape index (κ2) is 6.23. The summed E-state index contributed by atoms with van der Waals surface area (Å²) >= 11 is 4.82. The number of hydrogen-bond acceptors (Lipinski definition) is 2. The summed E-state index contributed by atoms with van der Waals surface area (Å²) in [7, 11) is 0. The first-order valence-electron chi connectivity index (χ1n) is 6.03. The van der Waals surface area contributed by atoms with E-state index in [1.54, 1.807) is 0 Å². The molecule has 2 nitrogen and oxygen atoms in total. The molecule has 1 rings (SSSR count). The van der Waals surface area contributed by atoms with Gasteiger partial charge in [-0.15, -0.1) is 0 Å². The van der Waals surface area contributed by atoms with E-state index < -0.39 is 11.7 Å². The Kier molecular flexibility index (Phi) is 5.17. The molecule has 1 aromatic rings. The van der Waals surface area contributed by atoms with Crippen LogP contribution in [-0.4, -0.2) is 11.0 Å². The maximum atomic E-state index is 12.6. The van der Waals surface area contributed by atoms with Gasteiger partial charge in [-0.25, -0.2) is 0 Å². The zero-order chi connectivity index (χ0) is 14.6. The van der Waals surface area contributed by atoms with Gasteiger partial charge in [-0.2, -0.15) is 13.2 Å². The highest BCUT2D eigenvalue weighted by molar-refractivity contribution is 7.80. The molecule has 106 valence electrons. The molecule has 0 aromatic heterocycles. The molecule has 3 N–H and O–H groups in total. The maximum Gasteiger partial charge on any atom is 0.416 e. The Bertz CT molecular complexity index is 458. The lowest BCUT2D eigenvalue weighted by Gasteiger charge is -2.18. The predicted molar refractivity (Wildman–Crippen MR) is 75.3 cm³/mol. The molecule has 19 heavy (non-hydrogen) atoms. The van der Waals surface area contributed by atoms with Crippen LogP contribution >= 0.6 is 12.2 Å². The van der Waals surface area contributed by atoms with Crippen molar-refractivity contribution in [3.05, 3.63) is 29.3 Å². The molecule has 0 heterocycles. The van der Waals surface area contributed by atoms with Gasteiger partial charge in [0.2, 0.25) is 0 Å². The van der Waals surface area contributed by atoms with Crippen molar-refractivity contribution in [1.29, 1.82) is 0 Å². The molecule has 0 fully saturated rings. The molecule has 0 saturated heterocycles. The summed E-state index contributed by atoms with van der Waals surface area (Å²) in [6.07, 6.45) is -2.50. The van der Waals surface area contributed by atoms with Crippen molar-refractivity contribution in [3.63, 3.8) is 0 Å². The minimum Gasteiger partial charge on any atom is -0.389 e. The molecule has 0 aliphatic rings. The number of nitrogens with one attached hydrogen (secondary N) is 1. The number of nitrogens with two attached hydrogens (primary N) is 1. The third-order valence-electron chi connectivity index (χ3n) is 2.74. The van der Waals surface area contributed by atoms with E-state index >= 15 is 0 Å². The second-order valence-corrected chi connectivity index (χ2v) is 4.90. The zero-order valence-corrected chi connectivity index (χ0v) is 11.7. The Hall–Kier alpha value is -1.30. The molecular weight excluding hydrogens is 273 g/mol. The monoisotopic (exact) mass is 290 g/mol. The lowest BCUT2D eigenvalue weighted by atomic mass is 10.1. The first kappa shape index (κ1) is 15.8. The normalized spacial score (nSPS) is 13.1. The van der Waals surface area contributed by atoms with Crippen molar-refractivity contribution in [3.8, 4) is 0 Å². The number of rotatable bonds is 5. The van der Waals surface area contributed by atoms with Crippen molar-refractivity contribution in [1.82, 2.24) is 0 Å². The number of hydrogen-bond donors (Lipinski definition) is 2. The maximum absolute atomic E-state index is 12.6. The number of halogens is 3. The van der Waals surface area contributed by atoms with Crippen LogP contribution in [0.25, 0.3) is 0 Å². The van der Waals surface area contributed by atoms with E-state index in [2.05, 4.69) is 5.32 Å². The summed E-state index contributed by atoms with van der Waals surface area (Å²) in [5.74, 6) is 0. The minimum atomic E-state index is -4.40. The van der Waals surface area contributed by atoms with E-state index in [4.69, 9.17) is 18.0 Å². The third kappa shape index (κ3) is 4.38. The Labute approximate surface area is 116 Å². The summed E-state index contributed by atoms with van der Waals surface area (Å²) in [5.41, 5.74) is 5.53. The topological polar surface area (TPSA) is 38.0 Å². The van der Waals surface area contributed by atoms with Gasteiger partial charge in [0.25, 0.3) is 0 Å². The average molecular weight is 290 g/mol. The van der Waals surface area contributed by atoms with Crippen LogP contribution in [0.1, 0.15) is 37.8 Å². The van der Waals surface area contributed by atoms with Crippen LogP contribution in [0.2, 0.25) is 0 Å². The van der Waals surface area contributed by atoms with Crippen molar-refractivity contribution in [2.24, 2.45) is 5.73 Å². The predicted octanol–water partition coefficient (Wildman–Crippen LogP) is 3.94. The molecule has 1 atom stereocenters. The molecule has 0 bridgehead atoms. The fourth-order valence-electron chi connectivity index (χ4n) is 1.82. The van der Waals surface area contributed by atoms with Crippen LogP contribution in [-0.2, 0) is 6.18 Å². The lowest BCUT2D eigenvalue weighted by molar-refractivity contribution is -0.137. The molecule has 0 amide bonds. The number of alkyl halides is 3. The van der Waals surface area contributed by atoms with Crippen LogP contribution < -0.4 is 11.1 Å². The van der Waals surface area contributed by atoms with Crippen LogP contribution in [0.4, 0.5) is 18.9 Å². The fraction of sp³-hybridized carbons (Fsp3) is 0.462. The summed E-state index contributed by atoms with van der Waals surface area (Å²) in [5, 5.41) is 3.14. The Morgan fingerprint density at radius 1 is 1.42 bits per heavy atom. The van der Waals surface area contributed by atoms with E-state index in [0.717, 1.165) is 25.0 Å². The standard InChI is InChI=1S/C13H17F3N2S/c1-3-4-8(2)18-11-6-5-9(13(14,15)16)7-10(11)12(17)19/h5-8,18H,3-4H2,1-2H3,(H2,17,19). The number of benzene rings is 1. The van der Waals surface area contributed by atoms with Crippen LogP contribution in [0.5, 0.6) is 0 Å². The molecule has 0 spiro atoms. The molecular formula is C13H17F3N2S. The van der Waals surface area contributed by atoms with Crippen molar-refractivity contribution >= 4 is 22.9 Å². The Morgan fingerprint density at radius 3 is 2.53 bits per heavy atom. The van der Waals surface area contributed by atoms with Gasteiger partial charge >= 0.3 is 6.18 Å². The summed E-state index contributed by atoms with van der Waals surface area (Å²) in [6.45, 7) is 4.00. The van der Waals surface area contributed by atoms with Crippen LogP contribution in [0.3, 0.4) is 0 Å². The van der Waals surface area contributed by atoms with Gasteiger partial charge in [0, 0.05) is 17.3 Å².